The van der Waals surface area contributed by atoms with E-state index in [4.69, 9.17) is 19.3 Å². The Morgan fingerprint density at radius 2 is 1.67 bits per heavy atom. The number of hydrogen-bond donors (Lipinski definition) is 2. The Kier molecular flexibility index (Phi) is 15.9. The SMILES string of the molecule is CC.CCCc1cnn(C(C)c2ccc(C(=O)NCCOCCOCCOCCO)cc2)c1.[HH]. The maximum atomic E-state index is 12.3. The molecule has 8 nitrogen and oxygen atoms in total. The van der Waals surface area contributed by atoms with Crippen molar-refractivity contribution in [3.05, 3.63) is 53.3 Å². The fourth-order valence-corrected chi connectivity index (χ4v) is 3.02. The van der Waals surface area contributed by atoms with E-state index in [0.29, 0.717) is 51.7 Å². The van der Waals surface area contributed by atoms with Gasteiger partial charge in [0, 0.05) is 19.7 Å². The molecule has 188 valence electrons. The number of aromatic nitrogens is 2. The molecule has 33 heavy (non-hydrogen) atoms. The number of aryl methyl sites for hydroxylation is 1. The summed E-state index contributed by atoms with van der Waals surface area (Å²) in [5, 5.41) is 15.9. The zero-order chi connectivity index (χ0) is 24.3. The van der Waals surface area contributed by atoms with Gasteiger partial charge in [0.15, 0.2) is 0 Å². The van der Waals surface area contributed by atoms with Crippen LogP contribution in [0.1, 0.15) is 63.1 Å². The molecule has 0 aliphatic carbocycles. The van der Waals surface area contributed by atoms with Crippen LogP contribution < -0.4 is 5.32 Å². The molecular formula is C25H43N3O5. The first-order valence-electron chi connectivity index (χ1n) is 11.9. The van der Waals surface area contributed by atoms with Crippen molar-refractivity contribution in [3.63, 3.8) is 0 Å². The number of amides is 1. The third-order valence-electron chi connectivity index (χ3n) is 4.76. The number of rotatable bonds is 16. The first kappa shape index (κ1) is 28.8. The van der Waals surface area contributed by atoms with Gasteiger partial charge in [0.1, 0.15) is 0 Å². The molecule has 0 spiro atoms. The average Bonchev–Trinajstić information content (AvgIpc) is 3.32. The van der Waals surface area contributed by atoms with Crippen molar-refractivity contribution >= 4 is 5.91 Å². The van der Waals surface area contributed by atoms with E-state index in [1.807, 2.05) is 49.0 Å². The first-order chi connectivity index (χ1) is 16.2. The lowest BCUT2D eigenvalue weighted by Crippen LogP contribution is -2.27. The van der Waals surface area contributed by atoms with Crippen molar-refractivity contribution in [1.29, 1.82) is 0 Å². The smallest absolute Gasteiger partial charge is 0.251 e. The van der Waals surface area contributed by atoms with Gasteiger partial charge >= 0.3 is 0 Å². The minimum absolute atomic E-state index is 0. The van der Waals surface area contributed by atoms with E-state index in [1.54, 1.807) is 0 Å². The third-order valence-corrected chi connectivity index (χ3v) is 4.76. The second-order valence-corrected chi connectivity index (χ2v) is 7.19. The van der Waals surface area contributed by atoms with E-state index in [9.17, 15) is 4.79 Å². The maximum absolute atomic E-state index is 12.3. The van der Waals surface area contributed by atoms with Crippen LogP contribution in [0.3, 0.4) is 0 Å². The minimum atomic E-state index is -0.121. The normalized spacial score (nSPS) is 11.5. The first-order valence-corrected chi connectivity index (χ1v) is 11.9. The van der Waals surface area contributed by atoms with E-state index >= 15 is 0 Å². The molecule has 1 heterocycles. The van der Waals surface area contributed by atoms with Crippen LogP contribution in [-0.4, -0.2) is 73.6 Å². The Morgan fingerprint density at radius 1 is 1.06 bits per heavy atom. The number of aliphatic hydroxyl groups excluding tert-OH is 1. The van der Waals surface area contributed by atoms with Crippen LogP contribution in [0.15, 0.2) is 36.7 Å². The summed E-state index contributed by atoms with van der Waals surface area (Å²) in [4.78, 5) is 12.3. The van der Waals surface area contributed by atoms with Gasteiger partial charge in [-0.1, -0.05) is 39.3 Å². The number of carbonyl (C=O) groups is 1. The Labute approximate surface area is 199 Å². The second-order valence-electron chi connectivity index (χ2n) is 7.19. The van der Waals surface area contributed by atoms with Crippen LogP contribution in [0.4, 0.5) is 0 Å². The Hall–Kier alpha value is -2.26. The number of benzene rings is 1. The lowest BCUT2D eigenvalue weighted by atomic mass is 10.1. The quantitative estimate of drug-likeness (QED) is 0.369. The summed E-state index contributed by atoms with van der Waals surface area (Å²) in [7, 11) is 0. The van der Waals surface area contributed by atoms with Crippen molar-refractivity contribution in [1.82, 2.24) is 15.1 Å². The zero-order valence-electron chi connectivity index (χ0n) is 20.6. The molecular weight excluding hydrogens is 422 g/mol. The van der Waals surface area contributed by atoms with E-state index in [-0.39, 0.29) is 20.0 Å². The highest BCUT2D eigenvalue weighted by Crippen LogP contribution is 2.18. The van der Waals surface area contributed by atoms with Gasteiger partial charge in [-0.15, -0.1) is 0 Å². The van der Waals surface area contributed by atoms with E-state index in [0.717, 1.165) is 18.4 Å². The average molecular weight is 466 g/mol. The molecule has 0 saturated heterocycles. The Morgan fingerprint density at radius 3 is 2.27 bits per heavy atom. The summed E-state index contributed by atoms with van der Waals surface area (Å²) in [5.41, 5.74) is 2.97. The van der Waals surface area contributed by atoms with Crippen LogP contribution in [0.2, 0.25) is 0 Å². The van der Waals surface area contributed by atoms with Crippen molar-refractivity contribution in [3.8, 4) is 0 Å². The summed E-state index contributed by atoms with van der Waals surface area (Å²) < 4.78 is 17.8. The molecule has 0 aliphatic heterocycles. The van der Waals surface area contributed by atoms with Crippen LogP contribution >= 0.6 is 0 Å². The zero-order valence-corrected chi connectivity index (χ0v) is 20.6. The predicted molar refractivity (Wildman–Crippen MR) is 132 cm³/mol. The molecule has 0 saturated carbocycles. The molecule has 1 aromatic carbocycles. The molecule has 1 aromatic heterocycles. The van der Waals surface area contributed by atoms with Crippen LogP contribution in [-0.2, 0) is 20.6 Å². The molecule has 0 fully saturated rings. The Bertz CT molecular complexity index is 755. The van der Waals surface area contributed by atoms with Gasteiger partial charge in [0.05, 0.1) is 58.5 Å². The highest BCUT2D eigenvalue weighted by molar-refractivity contribution is 5.94. The summed E-state index contributed by atoms with van der Waals surface area (Å²) >= 11 is 0. The number of carbonyl (C=O) groups excluding carboxylic acids is 1. The van der Waals surface area contributed by atoms with Gasteiger partial charge in [-0.05, 0) is 36.6 Å². The molecule has 0 bridgehead atoms. The number of aliphatic hydroxyl groups is 1. The molecule has 1 unspecified atom stereocenters. The second kappa shape index (κ2) is 18.2. The minimum Gasteiger partial charge on any atom is -0.394 e. The molecule has 2 rings (SSSR count). The summed E-state index contributed by atoms with van der Waals surface area (Å²) in [6, 6.07) is 7.73. The highest BCUT2D eigenvalue weighted by atomic mass is 16.5. The molecule has 1 amide bonds. The van der Waals surface area contributed by atoms with Crippen molar-refractivity contribution in [2.75, 3.05) is 52.8 Å². The van der Waals surface area contributed by atoms with E-state index in [2.05, 4.69) is 30.5 Å². The number of ether oxygens (including phenoxy) is 3. The highest BCUT2D eigenvalue weighted by Gasteiger charge is 2.11. The van der Waals surface area contributed by atoms with Crippen LogP contribution in [0.5, 0.6) is 0 Å². The lowest BCUT2D eigenvalue weighted by molar-refractivity contribution is 0.00825. The summed E-state index contributed by atoms with van der Waals surface area (Å²) in [6.07, 6.45) is 6.14. The van der Waals surface area contributed by atoms with Crippen molar-refractivity contribution in [2.45, 2.75) is 46.6 Å². The number of hydrogen-bond acceptors (Lipinski definition) is 6. The number of nitrogens with one attached hydrogen (secondary N) is 1. The fourth-order valence-electron chi connectivity index (χ4n) is 3.02. The monoisotopic (exact) mass is 465 g/mol. The molecule has 2 N–H and O–H groups in total. The van der Waals surface area contributed by atoms with Gasteiger partial charge in [0.2, 0.25) is 0 Å². The largest absolute Gasteiger partial charge is 0.394 e. The molecule has 0 radical (unpaired) electrons. The molecule has 8 heteroatoms. The summed E-state index contributed by atoms with van der Waals surface area (Å²) in [6.45, 7) is 11.3. The molecule has 0 aliphatic rings. The predicted octanol–water partition coefficient (Wildman–Crippen LogP) is 3.49. The topological polar surface area (TPSA) is 94.8 Å². The van der Waals surface area contributed by atoms with Gasteiger partial charge in [0.25, 0.3) is 5.91 Å². The van der Waals surface area contributed by atoms with E-state index in [1.165, 1.54) is 5.56 Å². The maximum Gasteiger partial charge on any atom is 0.251 e. The van der Waals surface area contributed by atoms with Gasteiger partial charge in [-0.3, -0.25) is 9.48 Å². The van der Waals surface area contributed by atoms with Gasteiger partial charge in [-0.25, -0.2) is 0 Å². The van der Waals surface area contributed by atoms with Crippen LogP contribution in [0.25, 0.3) is 0 Å². The van der Waals surface area contributed by atoms with Gasteiger partial charge < -0.3 is 24.6 Å². The van der Waals surface area contributed by atoms with Crippen LogP contribution in [0, 0.1) is 0 Å². The third kappa shape index (κ3) is 11.4. The standard InChI is InChI=1S/C23H35N3O5.C2H6.H2/c1-3-4-20-17-25-26(18-20)19(2)21-5-7-22(8-6-21)23(28)24-9-11-29-13-15-31-16-14-30-12-10-27;1-2;/h5-8,17-19,27H,3-4,9-16H2,1-2H3,(H,24,28);1-2H3;1H. The summed E-state index contributed by atoms with van der Waals surface area (Å²) in [5.74, 6) is -0.121. The fraction of sp³-hybridized carbons (Fsp3) is 0.600. The lowest BCUT2D eigenvalue weighted by Gasteiger charge is -2.13. The number of nitrogens with zero attached hydrogens (tertiary/aromatic N) is 2. The van der Waals surface area contributed by atoms with Crippen molar-refractivity contribution < 1.29 is 25.5 Å². The molecule has 2 aromatic rings. The molecule has 1 atom stereocenters. The van der Waals surface area contributed by atoms with Crippen molar-refractivity contribution in [2.24, 2.45) is 0 Å². The van der Waals surface area contributed by atoms with Gasteiger partial charge in [-0.2, -0.15) is 5.10 Å². The Balaban J connectivity index is 0.00000353. The van der Waals surface area contributed by atoms with E-state index < -0.39 is 0 Å².